The van der Waals surface area contributed by atoms with Gasteiger partial charge in [-0.2, -0.15) is 5.10 Å². The molecule has 8 nitrogen and oxygen atoms in total. The number of hydrogen-bond donors (Lipinski definition) is 1. The Labute approximate surface area is 201 Å². The summed E-state index contributed by atoms with van der Waals surface area (Å²) in [4.78, 5) is 33.7. The van der Waals surface area contributed by atoms with Gasteiger partial charge in [0.25, 0.3) is 0 Å². The molecule has 4 rings (SSSR count). The fraction of sp³-hybridized carbons (Fsp3) is 0.462. The molecule has 0 radical (unpaired) electrons. The van der Waals surface area contributed by atoms with E-state index in [-0.39, 0.29) is 17.7 Å². The summed E-state index contributed by atoms with van der Waals surface area (Å²) in [7, 11) is 1.89. The van der Waals surface area contributed by atoms with Crippen molar-refractivity contribution in [1.29, 1.82) is 0 Å². The standard InChI is InChI=1S/C26H34N6O2/c1-19-6-7-21(23-16-28-30(3)17-23)14-22(19)15-24(27-2)29-26(34)20-8-12-32(13-9-20)25(33)18-31-10-4-5-11-31/h6-7,14-17,20H,2,4-5,8-13,18H2,1,3H3,(H,29,34)/b24-15+. The lowest BCUT2D eigenvalue weighted by Crippen LogP contribution is -2.46. The van der Waals surface area contributed by atoms with Gasteiger partial charge in [0.1, 0.15) is 5.82 Å². The normalized spacial score (nSPS) is 17.7. The summed E-state index contributed by atoms with van der Waals surface area (Å²) in [6, 6.07) is 6.17. The quantitative estimate of drug-likeness (QED) is 0.642. The second-order valence-corrected chi connectivity index (χ2v) is 9.29. The van der Waals surface area contributed by atoms with Crippen LogP contribution in [0.2, 0.25) is 0 Å². The molecule has 2 aliphatic rings. The fourth-order valence-corrected chi connectivity index (χ4v) is 4.67. The van der Waals surface area contributed by atoms with Crippen molar-refractivity contribution >= 4 is 24.6 Å². The maximum Gasteiger partial charge on any atom is 0.236 e. The van der Waals surface area contributed by atoms with Gasteiger partial charge in [0.05, 0.1) is 12.7 Å². The minimum absolute atomic E-state index is 0.0636. The van der Waals surface area contributed by atoms with Crippen LogP contribution in [0.5, 0.6) is 0 Å². The van der Waals surface area contributed by atoms with Crippen molar-refractivity contribution < 1.29 is 9.59 Å². The van der Waals surface area contributed by atoms with Gasteiger partial charge in [0.15, 0.2) is 0 Å². The summed E-state index contributed by atoms with van der Waals surface area (Å²) < 4.78 is 1.77. The van der Waals surface area contributed by atoms with E-state index in [2.05, 4.69) is 39.2 Å². The van der Waals surface area contributed by atoms with Gasteiger partial charge in [0, 0.05) is 37.8 Å². The molecular formula is C26H34N6O2. The third kappa shape index (κ3) is 5.80. The number of aryl methyl sites for hydroxylation is 2. The summed E-state index contributed by atoms with van der Waals surface area (Å²) in [6.07, 6.45) is 9.33. The van der Waals surface area contributed by atoms with Crippen LogP contribution in [0.25, 0.3) is 17.2 Å². The molecule has 0 saturated carbocycles. The molecule has 0 atom stereocenters. The molecule has 1 aromatic heterocycles. The second kappa shape index (κ2) is 10.8. The second-order valence-electron chi connectivity index (χ2n) is 9.29. The van der Waals surface area contributed by atoms with E-state index < -0.39 is 0 Å². The number of likely N-dealkylation sites (tertiary alicyclic amines) is 2. The molecule has 2 saturated heterocycles. The van der Waals surface area contributed by atoms with Gasteiger partial charge in [-0.25, -0.2) is 4.99 Å². The lowest BCUT2D eigenvalue weighted by atomic mass is 9.95. The number of hydrogen-bond acceptors (Lipinski definition) is 5. The van der Waals surface area contributed by atoms with E-state index in [9.17, 15) is 9.59 Å². The molecule has 2 aromatic rings. The molecular weight excluding hydrogens is 428 g/mol. The Morgan fingerprint density at radius 2 is 1.91 bits per heavy atom. The lowest BCUT2D eigenvalue weighted by molar-refractivity contribution is -0.136. The zero-order valence-electron chi connectivity index (χ0n) is 20.2. The predicted octanol–water partition coefficient (Wildman–Crippen LogP) is 2.85. The van der Waals surface area contributed by atoms with Crippen LogP contribution in [-0.2, 0) is 16.6 Å². The van der Waals surface area contributed by atoms with Gasteiger partial charge in [-0.05, 0) is 81.2 Å². The smallest absolute Gasteiger partial charge is 0.236 e. The number of rotatable bonds is 7. The number of amides is 2. The maximum absolute atomic E-state index is 12.9. The Balaban J connectivity index is 1.36. The minimum Gasteiger partial charge on any atom is -0.342 e. The predicted molar refractivity (Wildman–Crippen MR) is 134 cm³/mol. The number of nitrogens with one attached hydrogen (secondary N) is 1. The SMILES string of the molecule is C=N/C(=C\c1cc(-c2cnn(C)c2)ccc1C)NC(=O)C1CCN(C(=O)CN2CCCC2)CC1. The largest absolute Gasteiger partial charge is 0.342 e. The van der Waals surface area contributed by atoms with Crippen molar-refractivity contribution in [1.82, 2.24) is 24.9 Å². The first-order valence-electron chi connectivity index (χ1n) is 12.0. The van der Waals surface area contributed by atoms with Gasteiger partial charge in [0.2, 0.25) is 11.8 Å². The van der Waals surface area contributed by atoms with Crippen molar-refractivity contribution in [2.75, 3.05) is 32.7 Å². The van der Waals surface area contributed by atoms with Crippen LogP contribution in [0.4, 0.5) is 0 Å². The number of nitrogens with zero attached hydrogens (tertiary/aromatic N) is 5. The van der Waals surface area contributed by atoms with Crippen LogP contribution in [-0.4, -0.2) is 70.8 Å². The Morgan fingerprint density at radius 3 is 2.56 bits per heavy atom. The third-order valence-corrected chi connectivity index (χ3v) is 6.81. The topological polar surface area (TPSA) is 82.8 Å². The minimum atomic E-state index is -0.135. The number of aliphatic imine (C=N–C) groups is 1. The highest BCUT2D eigenvalue weighted by molar-refractivity contribution is 5.83. The highest BCUT2D eigenvalue weighted by Crippen LogP contribution is 2.24. The molecule has 34 heavy (non-hydrogen) atoms. The molecule has 1 aromatic carbocycles. The van der Waals surface area contributed by atoms with Crippen molar-refractivity contribution in [3.63, 3.8) is 0 Å². The highest BCUT2D eigenvalue weighted by atomic mass is 16.2. The molecule has 180 valence electrons. The molecule has 2 amide bonds. The van der Waals surface area contributed by atoms with E-state index in [1.54, 1.807) is 4.68 Å². The Hall–Kier alpha value is -3.26. The van der Waals surface area contributed by atoms with Crippen molar-refractivity contribution in [2.24, 2.45) is 18.0 Å². The molecule has 0 spiro atoms. The van der Waals surface area contributed by atoms with Crippen LogP contribution in [0.1, 0.15) is 36.8 Å². The van der Waals surface area contributed by atoms with E-state index >= 15 is 0 Å². The summed E-state index contributed by atoms with van der Waals surface area (Å²) in [6.45, 7) is 9.45. The molecule has 0 unspecified atom stereocenters. The number of piperidine rings is 1. The molecule has 8 heteroatoms. The van der Waals surface area contributed by atoms with E-state index in [0.29, 0.717) is 38.3 Å². The number of aromatic nitrogens is 2. The van der Waals surface area contributed by atoms with Gasteiger partial charge in [-0.1, -0.05) is 12.1 Å². The summed E-state index contributed by atoms with van der Waals surface area (Å²) in [5.41, 5.74) is 4.12. The average molecular weight is 463 g/mol. The van der Waals surface area contributed by atoms with Crippen LogP contribution in [0, 0.1) is 12.8 Å². The third-order valence-electron chi connectivity index (χ3n) is 6.81. The van der Waals surface area contributed by atoms with Crippen LogP contribution in [0.15, 0.2) is 41.4 Å². The summed E-state index contributed by atoms with van der Waals surface area (Å²) in [5.74, 6) is 0.414. The van der Waals surface area contributed by atoms with Gasteiger partial charge in [-0.3, -0.25) is 19.2 Å². The van der Waals surface area contributed by atoms with Crippen LogP contribution in [0.3, 0.4) is 0 Å². The van der Waals surface area contributed by atoms with Gasteiger partial charge >= 0.3 is 0 Å². The molecule has 2 fully saturated rings. The van der Waals surface area contributed by atoms with Crippen molar-refractivity contribution in [2.45, 2.75) is 32.6 Å². The number of carbonyl (C=O) groups is 2. The molecule has 0 bridgehead atoms. The van der Waals surface area contributed by atoms with E-state index in [4.69, 9.17) is 0 Å². The molecule has 0 aliphatic carbocycles. The molecule has 3 heterocycles. The average Bonchev–Trinajstić information content (AvgIpc) is 3.51. The van der Waals surface area contributed by atoms with Gasteiger partial charge < -0.3 is 10.2 Å². The van der Waals surface area contributed by atoms with E-state index in [1.807, 2.05) is 43.4 Å². The first-order chi connectivity index (χ1) is 16.4. The monoisotopic (exact) mass is 462 g/mol. The Morgan fingerprint density at radius 1 is 1.18 bits per heavy atom. The number of carbonyl (C=O) groups excluding carboxylic acids is 2. The lowest BCUT2D eigenvalue weighted by Gasteiger charge is -2.32. The Kier molecular flexibility index (Phi) is 7.57. The van der Waals surface area contributed by atoms with Crippen molar-refractivity contribution in [3.8, 4) is 11.1 Å². The first kappa shape index (κ1) is 23.9. The molecule has 2 aliphatic heterocycles. The van der Waals surface area contributed by atoms with Crippen molar-refractivity contribution in [3.05, 3.63) is 47.5 Å². The zero-order valence-corrected chi connectivity index (χ0v) is 20.2. The van der Waals surface area contributed by atoms with E-state index in [1.165, 1.54) is 12.8 Å². The van der Waals surface area contributed by atoms with Crippen LogP contribution < -0.4 is 5.32 Å². The Bertz CT molecular complexity index is 1070. The first-order valence-corrected chi connectivity index (χ1v) is 12.0. The maximum atomic E-state index is 12.9. The van der Waals surface area contributed by atoms with E-state index in [0.717, 1.165) is 35.3 Å². The van der Waals surface area contributed by atoms with Gasteiger partial charge in [-0.15, -0.1) is 0 Å². The summed E-state index contributed by atoms with van der Waals surface area (Å²) in [5, 5.41) is 7.19. The summed E-state index contributed by atoms with van der Waals surface area (Å²) >= 11 is 0. The molecule has 1 N–H and O–H groups in total. The highest BCUT2D eigenvalue weighted by Gasteiger charge is 2.28. The number of benzene rings is 1. The van der Waals surface area contributed by atoms with Crippen LogP contribution >= 0.6 is 0 Å². The fourth-order valence-electron chi connectivity index (χ4n) is 4.67. The zero-order chi connectivity index (χ0) is 24.1.